The molecule has 92 valence electrons. The van der Waals surface area contributed by atoms with Gasteiger partial charge in [-0.2, -0.15) is 5.26 Å². The monoisotopic (exact) mass is 242 g/mol. The van der Waals surface area contributed by atoms with Gasteiger partial charge in [-0.1, -0.05) is 32.0 Å². The quantitative estimate of drug-likeness (QED) is 0.742. The maximum atomic E-state index is 12.3. The average molecular weight is 242 g/mol. The lowest BCUT2D eigenvalue weighted by Crippen LogP contribution is -2.50. The molecule has 0 aliphatic carbocycles. The van der Waals surface area contributed by atoms with E-state index in [1.165, 1.54) is 0 Å². The van der Waals surface area contributed by atoms with Crippen LogP contribution < -0.4 is 0 Å². The van der Waals surface area contributed by atoms with E-state index < -0.39 is 6.04 Å². The molecule has 1 aromatic rings. The lowest BCUT2D eigenvalue weighted by molar-refractivity contribution is -0.130. The zero-order valence-electron chi connectivity index (χ0n) is 10.4. The summed E-state index contributed by atoms with van der Waals surface area (Å²) in [7, 11) is 0. The molecule has 1 atom stereocenters. The van der Waals surface area contributed by atoms with E-state index in [-0.39, 0.29) is 24.2 Å². The highest BCUT2D eigenvalue weighted by Crippen LogP contribution is 2.23. The summed E-state index contributed by atoms with van der Waals surface area (Å²) < 4.78 is 0. The fourth-order valence-electron chi connectivity index (χ4n) is 2.16. The predicted molar refractivity (Wildman–Crippen MR) is 65.6 cm³/mol. The number of fused-ring (bicyclic) bond motifs is 1. The van der Waals surface area contributed by atoms with Gasteiger partial charge in [0.25, 0.3) is 5.91 Å². The molecule has 4 nitrogen and oxygen atoms in total. The number of hydrogen-bond donors (Lipinski definition) is 0. The van der Waals surface area contributed by atoms with Gasteiger partial charge in [0.15, 0.2) is 0 Å². The van der Waals surface area contributed by atoms with Gasteiger partial charge in [0.2, 0.25) is 5.91 Å². The normalized spacial score (nSPS) is 16.4. The summed E-state index contributed by atoms with van der Waals surface area (Å²) >= 11 is 0. The van der Waals surface area contributed by atoms with E-state index >= 15 is 0 Å². The zero-order chi connectivity index (χ0) is 13.3. The van der Waals surface area contributed by atoms with Crippen LogP contribution in [0.2, 0.25) is 0 Å². The smallest absolute Gasteiger partial charge is 0.261 e. The minimum Gasteiger partial charge on any atom is -0.274 e. The highest BCUT2D eigenvalue weighted by Gasteiger charge is 2.37. The molecule has 18 heavy (non-hydrogen) atoms. The molecule has 0 saturated carbocycles. The van der Waals surface area contributed by atoms with Gasteiger partial charge < -0.3 is 0 Å². The maximum Gasteiger partial charge on any atom is 0.261 e. The van der Waals surface area contributed by atoms with Crippen molar-refractivity contribution in [1.82, 2.24) is 4.90 Å². The van der Waals surface area contributed by atoms with Crippen molar-refractivity contribution in [3.05, 3.63) is 35.4 Å². The second-order valence-electron chi connectivity index (χ2n) is 4.72. The van der Waals surface area contributed by atoms with Crippen LogP contribution >= 0.6 is 0 Å². The van der Waals surface area contributed by atoms with Crippen LogP contribution in [-0.2, 0) is 11.2 Å². The van der Waals surface area contributed by atoms with Crippen LogP contribution in [0.4, 0.5) is 0 Å². The van der Waals surface area contributed by atoms with E-state index in [0.717, 1.165) is 10.5 Å². The van der Waals surface area contributed by atoms with Gasteiger partial charge in [0, 0.05) is 5.56 Å². The first-order chi connectivity index (χ1) is 8.56. The summed E-state index contributed by atoms with van der Waals surface area (Å²) in [5, 5.41) is 9.14. The van der Waals surface area contributed by atoms with Crippen LogP contribution in [0.3, 0.4) is 0 Å². The maximum absolute atomic E-state index is 12.3. The van der Waals surface area contributed by atoms with E-state index in [1.54, 1.807) is 24.3 Å². The van der Waals surface area contributed by atoms with Crippen molar-refractivity contribution in [3.63, 3.8) is 0 Å². The van der Waals surface area contributed by atoms with Gasteiger partial charge in [0.1, 0.15) is 6.04 Å². The number of benzene rings is 1. The Kier molecular flexibility index (Phi) is 3.15. The lowest BCUT2D eigenvalue weighted by Gasteiger charge is -2.31. The lowest BCUT2D eigenvalue weighted by atomic mass is 9.94. The Morgan fingerprint density at radius 2 is 1.94 bits per heavy atom. The van der Waals surface area contributed by atoms with Crippen molar-refractivity contribution in [1.29, 1.82) is 5.26 Å². The van der Waals surface area contributed by atoms with Gasteiger partial charge in [-0.3, -0.25) is 14.5 Å². The van der Waals surface area contributed by atoms with Gasteiger partial charge in [-0.25, -0.2) is 0 Å². The third-order valence-corrected chi connectivity index (χ3v) is 3.12. The number of nitrogens with zero attached hydrogens (tertiary/aromatic N) is 2. The summed E-state index contributed by atoms with van der Waals surface area (Å²) in [6.45, 7) is 3.66. The van der Waals surface area contributed by atoms with Crippen LogP contribution in [0.5, 0.6) is 0 Å². The Balaban J connectivity index is 2.44. The molecule has 4 heteroatoms. The molecule has 0 N–H and O–H groups in total. The Hall–Kier alpha value is -2.15. The third kappa shape index (κ3) is 1.88. The summed E-state index contributed by atoms with van der Waals surface area (Å²) in [4.78, 5) is 25.4. The van der Waals surface area contributed by atoms with Gasteiger partial charge in [-0.15, -0.1) is 0 Å². The van der Waals surface area contributed by atoms with Crippen molar-refractivity contribution >= 4 is 11.8 Å². The largest absolute Gasteiger partial charge is 0.274 e. The van der Waals surface area contributed by atoms with Gasteiger partial charge in [0.05, 0.1) is 12.5 Å². The first kappa shape index (κ1) is 12.3. The molecule has 0 bridgehead atoms. The highest BCUT2D eigenvalue weighted by atomic mass is 16.2. The molecule has 1 aliphatic heterocycles. The standard InChI is InChI=1S/C14H14N2O2/c1-9(2)12(8-15)16-13(17)7-10-5-3-4-6-11(10)14(16)18/h3-6,9,12H,7H2,1-2H3. The molecule has 1 heterocycles. The first-order valence-corrected chi connectivity index (χ1v) is 5.90. The van der Waals surface area contributed by atoms with E-state index in [2.05, 4.69) is 0 Å². The highest BCUT2D eigenvalue weighted by molar-refractivity contribution is 6.10. The van der Waals surface area contributed by atoms with Crippen LogP contribution in [0.25, 0.3) is 0 Å². The Morgan fingerprint density at radius 1 is 1.28 bits per heavy atom. The molecule has 0 radical (unpaired) electrons. The Labute approximate surface area is 106 Å². The number of carbonyl (C=O) groups is 2. The molecule has 0 saturated heterocycles. The van der Waals surface area contributed by atoms with Crippen LogP contribution in [-0.4, -0.2) is 22.8 Å². The molecule has 0 aromatic heterocycles. The SMILES string of the molecule is CC(C)C(C#N)N1C(=O)Cc2ccccc2C1=O. The zero-order valence-corrected chi connectivity index (χ0v) is 10.4. The summed E-state index contributed by atoms with van der Waals surface area (Å²) in [6.07, 6.45) is 0.187. The van der Waals surface area contributed by atoms with Gasteiger partial charge >= 0.3 is 0 Å². The molecule has 0 spiro atoms. The summed E-state index contributed by atoms with van der Waals surface area (Å²) in [5.41, 5.74) is 1.27. The number of imide groups is 1. The second kappa shape index (κ2) is 4.61. The molecular formula is C14H14N2O2. The van der Waals surface area contributed by atoms with E-state index in [4.69, 9.17) is 5.26 Å². The topological polar surface area (TPSA) is 61.2 Å². The fourth-order valence-corrected chi connectivity index (χ4v) is 2.16. The van der Waals surface area contributed by atoms with Crippen molar-refractivity contribution in [2.45, 2.75) is 26.3 Å². The van der Waals surface area contributed by atoms with Crippen LogP contribution in [0.1, 0.15) is 29.8 Å². The van der Waals surface area contributed by atoms with E-state index in [1.807, 2.05) is 19.9 Å². The number of rotatable bonds is 2. The minimum absolute atomic E-state index is 0.0758. The summed E-state index contributed by atoms with van der Waals surface area (Å²) in [5.74, 6) is -0.728. The molecule has 1 aliphatic rings. The van der Waals surface area contributed by atoms with Gasteiger partial charge in [-0.05, 0) is 17.5 Å². The molecule has 0 fully saturated rings. The average Bonchev–Trinajstić information content (AvgIpc) is 2.34. The molecule has 2 rings (SSSR count). The van der Waals surface area contributed by atoms with Crippen LogP contribution in [0, 0.1) is 17.2 Å². The minimum atomic E-state index is -0.696. The third-order valence-electron chi connectivity index (χ3n) is 3.12. The second-order valence-corrected chi connectivity index (χ2v) is 4.72. The van der Waals surface area contributed by atoms with Crippen molar-refractivity contribution in [2.24, 2.45) is 5.92 Å². The van der Waals surface area contributed by atoms with Crippen molar-refractivity contribution in [3.8, 4) is 6.07 Å². The van der Waals surface area contributed by atoms with Crippen molar-refractivity contribution < 1.29 is 9.59 Å². The Bertz CT molecular complexity index is 543. The number of hydrogen-bond acceptors (Lipinski definition) is 3. The number of carbonyl (C=O) groups excluding carboxylic acids is 2. The van der Waals surface area contributed by atoms with E-state index in [9.17, 15) is 9.59 Å². The van der Waals surface area contributed by atoms with Crippen LogP contribution in [0.15, 0.2) is 24.3 Å². The molecule has 1 aromatic carbocycles. The summed E-state index contributed by atoms with van der Waals surface area (Å²) in [6, 6.07) is 8.40. The van der Waals surface area contributed by atoms with Crippen molar-refractivity contribution in [2.75, 3.05) is 0 Å². The number of nitriles is 1. The molecular weight excluding hydrogens is 228 g/mol. The molecule has 2 amide bonds. The predicted octanol–water partition coefficient (Wildman–Crippen LogP) is 1.76. The molecule has 1 unspecified atom stereocenters. The first-order valence-electron chi connectivity index (χ1n) is 5.90. The fraction of sp³-hybridized carbons (Fsp3) is 0.357. The Morgan fingerprint density at radius 3 is 2.56 bits per heavy atom. The number of amides is 2. The van der Waals surface area contributed by atoms with E-state index in [0.29, 0.717) is 5.56 Å².